The molecule has 1 aliphatic rings. The number of halogens is 1. The molecular formula is C18H15ClN4O4. The van der Waals surface area contributed by atoms with E-state index < -0.39 is 24.1 Å². The molecule has 8 nitrogen and oxygen atoms in total. The maximum absolute atomic E-state index is 12.4. The van der Waals surface area contributed by atoms with Gasteiger partial charge in [-0.05, 0) is 38.1 Å². The molecule has 3 amide bonds. The second kappa shape index (κ2) is 7.60. The molecule has 0 N–H and O–H groups in total. The van der Waals surface area contributed by atoms with Crippen LogP contribution in [0.25, 0.3) is 11.3 Å². The molecule has 0 fully saturated rings. The van der Waals surface area contributed by atoms with Crippen LogP contribution in [0.4, 0.5) is 9.59 Å². The number of nitriles is 1. The van der Waals surface area contributed by atoms with E-state index in [2.05, 4.69) is 16.0 Å². The number of aromatic nitrogens is 1. The van der Waals surface area contributed by atoms with E-state index in [1.165, 1.54) is 6.39 Å². The number of imide groups is 1. The fraction of sp³-hybridized carbons (Fsp3) is 0.278. The topological polar surface area (TPSA) is 109 Å². The van der Waals surface area contributed by atoms with Crippen molar-refractivity contribution in [3.8, 4) is 17.4 Å². The summed E-state index contributed by atoms with van der Waals surface area (Å²) >= 11 is 5.93. The molecule has 1 aliphatic heterocycles. The molecular weight excluding hydrogens is 372 g/mol. The normalized spacial score (nSPS) is 19.4. The Morgan fingerprint density at radius 3 is 2.74 bits per heavy atom. The average Bonchev–Trinajstić information content (AvgIpc) is 3.11. The van der Waals surface area contributed by atoms with Crippen LogP contribution in [0.3, 0.4) is 0 Å². The third kappa shape index (κ3) is 3.41. The van der Waals surface area contributed by atoms with Gasteiger partial charge in [0, 0.05) is 16.3 Å². The highest BCUT2D eigenvalue weighted by atomic mass is 35.5. The van der Waals surface area contributed by atoms with Gasteiger partial charge in [0.15, 0.2) is 12.2 Å². The van der Waals surface area contributed by atoms with Crippen LogP contribution in [0.1, 0.15) is 25.6 Å². The van der Waals surface area contributed by atoms with Gasteiger partial charge in [0.05, 0.1) is 12.7 Å². The number of nitrogens with zero attached hydrogens (tertiary/aromatic N) is 4. The van der Waals surface area contributed by atoms with E-state index in [0.29, 0.717) is 16.3 Å². The van der Waals surface area contributed by atoms with E-state index >= 15 is 0 Å². The quantitative estimate of drug-likeness (QED) is 0.780. The minimum Gasteiger partial charge on any atom is -0.449 e. The number of oxazole rings is 1. The van der Waals surface area contributed by atoms with Gasteiger partial charge in [0.2, 0.25) is 0 Å². The predicted octanol–water partition coefficient (Wildman–Crippen LogP) is 4.23. The molecule has 0 bridgehead atoms. The zero-order valence-electron chi connectivity index (χ0n) is 14.5. The second-order valence-electron chi connectivity index (χ2n) is 5.73. The molecule has 2 unspecified atom stereocenters. The largest absolute Gasteiger partial charge is 0.449 e. The fourth-order valence-corrected chi connectivity index (χ4v) is 3.01. The van der Waals surface area contributed by atoms with Crippen molar-refractivity contribution < 1.29 is 18.7 Å². The first-order valence-corrected chi connectivity index (χ1v) is 8.49. The number of urea groups is 1. The van der Waals surface area contributed by atoms with Crippen molar-refractivity contribution in [3.63, 3.8) is 0 Å². The maximum atomic E-state index is 12.4. The van der Waals surface area contributed by atoms with Gasteiger partial charge in [-0.1, -0.05) is 11.6 Å². The summed E-state index contributed by atoms with van der Waals surface area (Å²) in [6.07, 6.45) is 0.303. The van der Waals surface area contributed by atoms with Gasteiger partial charge in [0.1, 0.15) is 17.7 Å². The summed E-state index contributed by atoms with van der Waals surface area (Å²) in [4.78, 5) is 33.6. The Hall–Kier alpha value is -3.18. The number of carbonyl (C=O) groups excluding carboxylic acids is 2. The molecule has 2 aromatic rings. The van der Waals surface area contributed by atoms with Crippen molar-refractivity contribution in [3.05, 3.63) is 41.4 Å². The highest BCUT2D eigenvalue weighted by Crippen LogP contribution is 2.38. The van der Waals surface area contributed by atoms with Crippen molar-refractivity contribution in [2.24, 2.45) is 10.9 Å². The van der Waals surface area contributed by atoms with Crippen LogP contribution in [0, 0.1) is 17.2 Å². The summed E-state index contributed by atoms with van der Waals surface area (Å²) in [5, 5.41) is 10.2. The van der Waals surface area contributed by atoms with E-state index in [-0.39, 0.29) is 18.0 Å². The van der Waals surface area contributed by atoms with Gasteiger partial charge in [-0.15, -0.1) is 0 Å². The molecule has 2 heterocycles. The Kier molecular flexibility index (Phi) is 5.23. The summed E-state index contributed by atoms with van der Waals surface area (Å²) in [6.45, 7) is 3.24. The molecule has 138 valence electrons. The summed E-state index contributed by atoms with van der Waals surface area (Å²) in [7, 11) is 0. The Morgan fingerprint density at radius 1 is 1.41 bits per heavy atom. The van der Waals surface area contributed by atoms with Crippen molar-refractivity contribution in [2.75, 3.05) is 6.61 Å². The number of ether oxygens (including phenoxy) is 1. The van der Waals surface area contributed by atoms with Gasteiger partial charge in [0.25, 0.3) is 0 Å². The van der Waals surface area contributed by atoms with Crippen LogP contribution in [0.15, 0.2) is 40.1 Å². The minimum atomic E-state index is -1.02. The molecule has 3 rings (SSSR count). The van der Waals surface area contributed by atoms with E-state index in [1.807, 2.05) is 0 Å². The van der Waals surface area contributed by atoms with Gasteiger partial charge in [-0.2, -0.15) is 5.26 Å². The third-order valence-corrected chi connectivity index (χ3v) is 4.36. The van der Waals surface area contributed by atoms with Gasteiger partial charge < -0.3 is 9.15 Å². The van der Waals surface area contributed by atoms with Crippen molar-refractivity contribution in [1.82, 2.24) is 9.88 Å². The third-order valence-electron chi connectivity index (χ3n) is 4.11. The number of aliphatic imine (C=N–C) groups is 1. The zero-order chi connectivity index (χ0) is 19.6. The summed E-state index contributed by atoms with van der Waals surface area (Å²) < 4.78 is 10.5. The maximum Gasteiger partial charge on any atom is 0.418 e. The lowest BCUT2D eigenvalue weighted by molar-refractivity contribution is 0.0975. The predicted molar refractivity (Wildman–Crippen MR) is 96.2 cm³/mol. The number of benzene rings is 1. The smallest absolute Gasteiger partial charge is 0.418 e. The number of hydrogen-bond donors (Lipinski definition) is 0. The van der Waals surface area contributed by atoms with Crippen molar-refractivity contribution in [1.29, 1.82) is 5.26 Å². The van der Waals surface area contributed by atoms with Crippen LogP contribution in [-0.2, 0) is 4.74 Å². The fourth-order valence-electron chi connectivity index (χ4n) is 2.88. The number of amides is 3. The highest BCUT2D eigenvalue weighted by molar-refractivity contribution is 6.30. The van der Waals surface area contributed by atoms with Crippen LogP contribution >= 0.6 is 11.6 Å². The summed E-state index contributed by atoms with van der Waals surface area (Å²) in [5.74, 6) is -0.558. The van der Waals surface area contributed by atoms with E-state index in [0.717, 1.165) is 4.90 Å². The van der Waals surface area contributed by atoms with Gasteiger partial charge in [-0.3, -0.25) is 0 Å². The molecule has 0 saturated heterocycles. The van der Waals surface area contributed by atoms with Gasteiger partial charge in [-0.25, -0.2) is 24.5 Å². The minimum absolute atomic E-state index is 0.0676. The zero-order valence-corrected chi connectivity index (χ0v) is 15.3. The highest BCUT2D eigenvalue weighted by Gasteiger charge is 2.45. The van der Waals surface area contributed by atoms with E-state index in [1.54, 1.807) is 38.1 Å². The Labute approximate surface area is 160 Å². The van der Waals surface area contributed by atoms with Crippen LogP contribution < -0.4 is 0 Å². The van der Waals surface area contributed by atoms with Gasteiger partial charge >= 0.3 is 12.1 Å². The van der Waals surface area contributed by atoms with Crippen LogP contribution in [0.5, 0.6) is 0 Å². The molecule has 0 saturated carbocycles. The molecule has 1 aromatic heterocycles. The first-order valence-electron chi connectivity index (χ1n) is 8.12. The van der Waals surface area contributed by atoms with Crippen LogP contribution in [-0.4, -0.2) is 34.3 Å². The Balaban J connectivity index is 2.14. The van der Waals surface area contributed by atoms with Crippen LogP contribution in [0.2, 0.25) is 5.02 Å². The second-order valence-corrected chi connectivity index (χ2v) is 6.17. The number of rotatable bonds is 3. The van der Waals surface area contributed by atoms with E-state index in [4.69, 9.17) is 20.8 Å². The van der Waals surface area contributed by atoms with E-state index in [9.17, 15) is 14.9 Å². The number of carbonyl (C=O) groups is 2. The molecule has 27 heavy (non-hydrogen) atoms. The summed E-state index contributed by atoms with van der Waals surface area (Å²) in [6, 6.07) is 7.03. The monoisotopic (exact) mass is 386 g/mol. The lowest BCUT2D eigenvalue weighted by atomic mass is 9.89. The standard InChI is InChI=1S/C18H15ClN4O4/c1-3-26-18(25)23-15(13(8-20)10(2)22-17(23)24)14-16(27-9-21-14)11-4-6-12(19)7-5-11/h4-7,9,13,15H,3H2,1-2H3. The lowest BCUT2D eigenvalue weighted by Crippen LogP contribution is -2.47. The van der Waals surface area contributed by atoms with Crippen molar-refractivity contribution in [2.45, 2.75) is 19.9 Å². The molecule has 1 aromatic carbocycles. The lowest BCUT2D eigenvalue weighted by Gasteiger charge is -2.33. The Bertz CT molecular complexity index is 945. The first kappa shape index (κ1) is 18.6. The SMILES string of the molecule is CCOC(=O)N1C(=O)N=C(C)C(C#N)C1c1ncoc1-c1ccc(Cl)cc1. The molecule has 0 aliphatic carbocycles. The molecule has 2 atom stereocenters. The van der Waals surface area contributed by atoms with Crippen molar-refractivity contribution >= 4 is 29.4 Å². The Morgan fingerprint density at radius 2 is 2.11 bits per heavy atom. The number of hydrogen-bond acceptors (Lipinski definition) is 6. The molecule has 0 radical (unpaired) electrons. The molecule has 0 spiro atoms. The average molecular weight is 387 g/mol. The summed E-state index contributed by atoms with van der Waals surface area (Å²) in [5.41, 5.74) is 1.19. The first-order chi connectivity index (χ1) is 13.0. The molecule has 9 heteroatoms.